The van der Waals surface area contributed by atoms with Gasteiger partial charge in [0, 0.05) is 26.3 Å². The molecule has 0 radical (unpaired) electrons. The first kappa shape index (κ1) is 21.6. The van der Waals surface area contributed by atoms with Gasteiger partial charge in [-0.2, -0.15) is 0 Å². The molecule has 0 saturated heterocycles. The van der Waals surface area contributed by atoms with Gasteiger partial charge in [-0.3, -0.25) is 14.4 Å². The van der Waals surface area contributed by atoms with Crippen LogP contribution >= 0.6 is 11.8 Å². The van der Waals surface area contributed by atoms with Crippen LogP contribution in [0.25, 0.3) is 0 Å². The van der Waals surface area contributed by atoms with E-state index in [1.807, 2.05) is 30.3 Å². The highest BCUT2D eigenvalue weighted by Crippen LogP contribution is 2.11. The van der Waals surface area contributed by atoms with E-state index in [9.17, 15) is 14.4 Å². The smallest absolute Gasteiger partial charge is 0.251 e. The van der Waals surface area contributed by atoms with Crippen molar-refractivity contribution in [3.05, 3.63) is 58.0 Å². The Morgan fingerprint density at radius 1 is 1.14 bits per heavy atom. The number of hydrogen-bond donors (Lipinski definition) is 3. The Morgan fingerprint density at radius 2 is 1.89 bits per heavy atom. The normalized spacial score (nSPS) is 10.5. The minimum absolute atomic E-state index is 0.00625. The van der Waals surface area contributed by atoms with Crippen molar-refractivity contribution < 1.29 is 14.3 Å². The molecule has 28 heavy (non-hydrogen) atoms. The van der Waals surface area contributed by atoms with Gasteiger partial charge in [-0.1, -0.05) is 42.1 Å². The summed E-state index contributed by atoms with van der Waals surface area (Å²) >= 11 is 1.11. The molecule has 0 unspecified atom stereocenters. The average molecular weight is 404 g/mol. The second-order valence-corrected chi connectivity index (χ2v) is 6.90. The largest absolute Gasteiger partial charge is 0.383 e. The third-order valence-electron chi connectivity index (χ3n) is 3.66. The van der Waals surface area contributed by atoms with Gasteiger partial charge in [0.15, 0.2) is 5.16 Å². The number of aromatic nitrogens is 2. The molecule has 3 N–H and O–H groups in total. The Bertz CT molecular complexity index is 826. The molecule has 2 amide bonds. The lowest BCUT2D eigenvalue weighted by Crippen LogP contribution is -2.29. The molecule has 1 aromatic heterocycles. The van der Waals surface area contributed by atoms with Crippen molar-refractivity contribution in [1.29, 1.82) is 0 Å². The van der Waals surface area contributed by atoms with Crippen molar-refractivity contribution in [2.24, 2.45) is 0 Å². The Labute approximate surface area is 167 Å². The highest BCUT2D eigenvalue weighted by atomic mass is 32.2. The number of H-pyrrole nitrogens is 1. The number of carbonyl (C=O) groups excluding carboxylic acids is 2. The third-order valence-corrected chi connectivity index (χ3v) is 4.53. The van der Waals surface area contributed by atoms with Crippen LogP contribution in [-0.4, -0.2) is 54.3 Å². The average Bonchev–Trinajstić information content (AvgIpc) is 2.67. The Morgan fingerprint density at radius 3 is 2.64 bits per heavy atom. The van der Waals surface area contributed by atoms with Crippen LogP contribution in [0.3, 0.4) is 0 Å². The molecule has 0 fully saturated rings. The summed E-state index contributed by atoms with van der Waals surface area (Å²) in [4.78, 5) is 42.4. The van der Waals surface area contributed by atoms with Crippen LogP contribution in [0.5, 0.6) is 0 Å². The van der Waals surface area contributed by atoms with Gasteiger partial charge in [0.2, 0.25) is 11.8 Å². The molecule has 1 heterocycles. The van der Waals surface area contributed by atoms with Gasteiger partial charge in [0.25, 0.3) is 5.56 Å². The summed E-state index contributed by atoms with van der Waals surface area (Å²) in [6, 6.07) is 11.1. The van der Waals surface area contributed by atoms with E-state index in [-0.39, 0.29) is 29.5 Å². The molecular formula is C19H24N4O4S. The predicted octanol–water partition coefficient (Wildman–Crippen LogP) is 0.526. The number of benzene rings is 1. The number of rotatable bonds is 11. The van der Waals surface area contributed by atoms with Crippen molar-refractivity contribution in [3.8, 4) is 0 Å². The van der Waals surface area contributed by atoms with Gasteiger partial charge in [-0.05, 0) is 12.0 Å². The third kappa shape index (κ3) is 8.36. The van der Waals surface area contributed by atoms with Crippen molar-refractivity contribution in [1.82, 2.24) is 20.6 Å². The van der Waals surface area contributed by atoms with Gasteiger partial charge in [-0.25, -0.2) is 4.98 Å². The maximum Gasteiger partial charge on any atom is 0.251 e. The maximum atomic E-state index is 12.1. The molecule has 0 atom stereocenters. The van der Waals surface area contributed by atoms with Crippen molar-refractivity contribution in [2.45, 2.75) is 18.0 Å². The number of carbonyl (C=O) groups is 2. The van der Waals surface area contributed by atoms with Gasteiger partial charge in [-0.15, -0.1) is 0 Å². The van der Waals surface area contributed by atoms with Gasteiger partial charge in [0.05, 0.1) is 24.5 Å². The van der Waals surface area contributed by atoms with Crippen LogP contribution in [0.4, 0.5) is 0 Å². The summed E-state index contributed by atoms with van der Waals surface area (Å²) < 4.78 is 4.86. The fourth-order valence-electron chi connectivity index (χ4n) is 2.34. The Hall–Kier alpha value is -2.65. The van der Waals surface area contributed by atoms with Crippen LogP contribution in [0.2, 0.25) is 0 Å². The topological polar surface area (TPSA) is 113 Å². The summed E-state index contributed by atoms with van der Waals surface area (Å²) in [7, 11) is 1.55. The lowest BCUT2D eigenvalue weighted by molar-refractivity contribution is -0.120. The first-order valence-corrected chi connectivity index (χ1v) is 9.84. The van der Waals surface area contributed by atoms with Crippen molar-refractivity contribution in [3.63, 3.8) is 0 Å². The van der Waals surface area contributed by atoms with E-state index in [2.05, 4.69) is 20.6 Å². The number of nitrogens with zero attached hydrogens (tertiary/aromatic N) is 1. The number of nitrogens with one attached hydrogen (secondary N) is 3. The first-order chi connectivity index (χ1) is 13.6. The molecule has 0 saturated carbocycles. The summed E-state index contributed by atoms with van der Waals surface area (Å²) in [6.07, 6.45) is 0.737. The minimum Gasteiger partial charge on any atom is -0.383 e. The molecule has 2 aromatic rings. The zero-order valence-electron chi connectivity index (χ0n) is 15.7. The molecule has 150 valence electrons. The molecule has 8 nitrogen and oxygen atoms in total. The van der Waals surface area contributed by atoms with E-state index in [1.165, 1.54) is 6.07 Å². The predicted molar refractivity (Wildman–Crippen MR) is 107 cm³/mol. The minimum atomic E-state index is -0.357. The molecule has 0 aliphatic rings. The molecule has 0 spiro atoms. The fourth-order valence-corrected chi connectivity index (χ4v) is 3.06. The van der Waals surface area contributed by atoms with Crippen LogP contribution in [-0.2, 0) is 27.2 Å². The van der Waals surface area contributed by atoms with E-state index in [0.717, 1.165) is 23.7 Å². The summed E-state index contributed by atoms with van der Waals surface area (Å²) in [5.74, 6) is -0.282. The molecule has 0 aliphatic carbocycles. The quantitative estimate of drug-likeness (QED) is 0.286. The monoisotopic (exact) mass is 404 g/mol. The standard InChI is InChI=1S/C19H24N4O4S/c1-27-10-9-21-18(26)13-28-19-22-15(12-17(25)23-19)11-16(24)20-8-7-14-5-3-2-4-6-14/h2-6,12H,7-11,13H2,1H3,(H,20,24)(H,21,26)(H,22,23,25). The van der Waals surface area contributed by atoms with E-state index < -0.39 is 0 Å². The molecule has 0 bridgehead atoms. The second-order valence-electron chi connectivity index (χ2n) is 5.94. The summed E-state index contributed by atoms with van der Waals surface area (Å²) in [6.45, 7) is 1.36. The van der Waals surface area contributed by atoms with Crippen molar-refractivity contribution in [2.75, 3.05) is 32.6 Å². The molecular weight excluding hydrogens is 380 g/mol. The van der Waals surface area contributed by atoms with Crippen LogP contribution in [0, 0.1) is 0 Å². The molecule has 2 rings (SSSR count). The van der Waals surface area contributed by atoms with E-state index >= 15 is 0 Å². The number of ether oxygens (including phenoxy) is 1. The Balaban J connectivity index is 1.80. The zero-order valence-corrected chi connectivity index (χ0v) is 16.5. The summed E-state index contributed by atoms with van der Waals surface area (Å²) in [5.41, 5.74) is 1.15. The lowest BCUT2D eigenvalue weighted by Gasteiger charge is -2.07. The van der Waals surface area contributed by atoms with Gasteiger partial charge in [0.1, 0.15) is 0 Å². The van der Waals surface area contributed by atoms with E-state index in [1.54, 1.807) is 7.11 Å². The molecule has 9 heteroatoms. The zero-order chi connectivity index (χ0) is 20.2. The lowest BCUT2D eigenvalue weighted by atomic mass is 10.1. The first-order valence-electron chi connectivity index (χ1n) is 8.86. The Kier molecular flexibility index (Phi) is 9.23. The maximum absolute atomic E-state index is 12.1. The van der Waals surface area contributed by atoms with Gasteiger partial charge < -0.3 is 20.4 Å². The number of thioether (sulfide) groups is 1. The number of aromatic amines is 1. The molecule has 0 aliphatic heterocycles. The highest BCUT2D eigenvalue weighted by molar-refractivity contribution is 7.99. The SMILES string of the molecule is COCCNC(=O)CSc1nc(CC(=O)NCCc2ccccc2)cc(=O)[nH]1. The second kappa shape index (κ2) is 11.9. The van der Waals surface area contributed by atoms with E-state index in [0.29, 0.717) is 30.5 Å². The number of methoxy groups -OCH3 is 1. The highest BCUT2D eigenvalue weighted by Gasteiger charge is 2.09. The van der Waals surface area contributed by atoms with Crippen molar-refractivity contribution >= 4 is 23.6 Å². The van der Waals surface area contributed by atoms with Crippen LogP contribution in [0.15, 0.2) is 46.3 Å². The molecule has 1 aromatic carbocycles. The summed E-state index contributed by atoms with van der Waals surface area (Å²) in [5, 5.41) is 5.81. The number of amides is 2. The van der Waals surface area contributed by atoms with Crippen LogP contribution < -0.4 is 16.2 Å². The van der Waals surface area contributed by atoms with Gasteiger partial charge >= 0.3 is 0 Å². The van der Waals surface area contributed by atoms with E-state index in [4.69, 9.17) is 4.74 Å². The number of hydrogen-bond acceptors (Lipinski definition) is 6. The fraction of sp³-hybridized carbons (Fsp3) is 0.368. The van der Waals surface area contributed by atoms with Crippen LogP contribution in [0.1, 0.15) is 11.3 Å².